The summed E-state index contributed by atoms with van der Waals surface area (Å²) in [6.07, 6.45) is 0.787. The molecule has 0 aliphatic rings. The van der Waals surface area contributed by atoms with Crippen LogP contribution in [0.4, 0.5) is 4.79 Å². The van der Waals surface area contributed by atoms with E-state index in [1.54, 1.807) is 0 Å². The molecule has 3 amide bonds. The van der Waals surface area contributed by atoms with Crippen molar-refractivity contribution in [1.82, 2.24) is 21.3 Å². The minimum atomic E-state index is -1.13. The summed E-state index contributed by atoms with van der Waals surface area (Å²) in [7, 11) is 1.81. The van der Waals surface area contributed by atoms with Gasteiger partial charge in [0.15, 0.2) is 0 Å². The number of urea groups is 1. The molecule has 17 heavy (non-hydrogen) atoms. The van der Waals surface area contributed by atoms with E-state index in [4.69, 9.17) is 5.11 Å². The van der Waals surface area contributed by atoms with Crippen LogP contribution in [0, 0.1) is 0 Å². The summed E-state index contributed by atoms with van der Waals surface area (Å²) >= 11 is 0. The zero-order valence-corrected chi connectivity index (χ0v) is 9.71. The molecule has 0 aliphatic carbocycles. The summed E-state index contributed by atoms with van der Waals surface area (Å²) in [6, 6.07) is -0.452. The average Bonchev–Trinajstić information content (AvgIpc) is 2.29. The van der Waals surface area contributed by atoms with Gasteiger partial charge in [-0.25, -0.2) is 4.79 Å². The molecule has 0 aromatic carbocycles. The third-order valence-electron chi connectivity index (χ3n) is 1.74. The van der Waals surface area contributed by atoms with Gasteiger partial charge >= 0.3 is 12.0 Å². The molecular weight excluding hydrogens is 228 g/mol. The number of hydrogen-bond acceptors (Lipinski definition) is 4. The van der Waals surface area contributed by atoms with Crippen LogP contribution in [0.25, 0.3) is 0 Å². The third kappa shape index (κ3) is 10.5. The number of carbonyl (C=O) groups excluding carboxylic acids is 2. The summed E-state index contributed by atoms with van der Waals surface area (Å²) in [4.78, 5) is 32.2. The van der Waals surface area contributed by atoms with Crippen LogP contribution < -0.4 is 21.3 Å². The van der Waals surface area contributed by atoms with Gasteiger partial charge in [-0.1, -0.05) is 0 Å². The Kier molecular flexibility index (Phi) is 8.39. The van der Waals surface area contributed by atoms with Crippen LogP contribution in [0.15, 0.2) is 0 Å². The van der Waals surface area contributed by atoms with Gasteiger partial charge < -0.3 is 26.4 Å². The van der Waals surface area contributed by atoms with Gasteiger partial charge in [0.25, 0.3) is 0 Å². The van der Waals surface area contributed by atoms with Crippen molar-refractivity contribution in [2.45, 2.75) is 6.42 Å². The highest BCUT2D eigenvalue weighted by Crippen LogP contribution is 1.73. The predicted octanol–water partition coefficient (Wildman–Crippen LogP) is -1.90. The van der Waals surface area contributed by atoms with E-state index in [9.17, 15) is 14.4 Å². The maximum atomic E-state index is 11.1. The second-order valence-electron chi connectivity index (χ2n) is 3.24. The van der Waals surface area contributed by atoms with Gasteiger partial charge in [0.05, 0.1) is 6.54 Å². The number of amides is 3. The fourth-order valence-corrected chi connectivity index (χ4v) is 0.927. The first-order chi connectivity index (χ1) is 8.06. The van der Waals surface area contributed by atoms with E-state index < -0.39 is 24.5 Å². The van der Waals surface area contributed by atoms with Crippen molar-refractivity contribution in [3.63, 3.8) is 0 Å². The number of carbonyl (C=O) groups is 3. The molecule has 0 radical (unpaired) electrons. The second kappa shape index (κ2) is 9.40. The molecule has 0 atom stereocenters. The topological polar surface area (TPSA) is 120 Å². The van der Waals surface area contributed by atoms with Crippen LogP contribution in [0.5, 0.6) is 0 Å². The zero-order valence-electron chi connectivity index (χ0n) is 9.71. The Morgan fingerprint density at radius 1 is 1.00 bits per heavy atom. The molecule has 0 rings (SSSR count). The smallest absolute Gasteiger partial charge is 0.322 e. The predicted molar refractivity (Wildman–Crippen MR) is 60.6 cm³/mol. The molecule has 0 heterocycles. The molecule has 0 saturated heterocycles. The molecule has 0 spiro atoms. The molecule has 8 heteroatoms. The number of nitrogens with one attached hydrogen (secondary N) is 4. The lowest BCUT2D eigenvalue weighted by Crippen LogP contribution is -2.43. The number of carboxylic acid groups (broad SMARTS) is 1. The Bertz CT molecular complexity index is 270. The first-order valence-electron chi connectivity index (χ1n) is 5.21. The van der Waals surface area contributed by atoms with Gasteiger partial charge in [-0.05, 0) is 20.0 Å². The lowest BCUT2D eigenvalue weighted by Gasteiger charge is -2.07. The minimum absolute atomic E-state index is 0.245. The first kappa shape index (κ1) is 15.2. The maximum Gasteiger partial charge on any atom is 0.322 e. The Balaban J connectivity index is 3.49. The summed E-state index contributed by atoms with van der Waals surface area (Å²) in [5, 5.41) is 18.2. The van der Waals surface area contributed by atoms with Crippen LogP contribution in [0.2, 0.25) is 0 Å². The molecule has 5 N–H and O–H groups in total. The van der Waals surface area contributed by atoms with Crippen LogP contribution in [0.3, 0.4) is 0 Å². The lowest BCUT2D eigenvalue weighted by molar-refractivity contribution is -0.137. The van der Waals surface area contributed by atoms with Crippen molar-refractivity contribution < 1.29 is 19.5 Å². The van der Waals surface area contributed by atoms with E-state index in [0.29, 0.717) is 6.54 Å². The normalized spacial score (nSPS) is 9.47. The Morgan fingerprint density at radius 2 is 1.71 bits per heavy atom. The van der Waals surface area contributed by atoms with Gasteiger partial charge in [-0.3, -0.25) is 9.59 Å². The van der Waals surface area contributed by atoms with Crippen molar-refractivity contribution in [3.8, 4) is 0 Å². The quantitative estimate of drug-likeness (QED) is 0.320. The molecule has 8 nitrogen and oxygen atoms in total. The summed E-state index contributed by atoms with van der Waals surface area (Å²) in [6.45, 7) is 0.595. The van der Waals surface area contributed by atoms with E-state index in [0.717, 1.165) is 13.0 Å². The standard InChI is InChI=1S/C9H18N4O4/c1-10-3-2-4-11-9(17)13-5-7(14)12-6-8(15)16/h10H,2-6H2,1H3,(H,12,14)(H,15,16)(H2,11,13,17). The molecule has 98 valence electrons. The average molecular weight is 246 g/mol. The molecule has 0 aromatic rings. The number of carboxylic acids is 1. The van der Waals surface area contributed by atoms with Crippen LogP contribution in [-0.2, 0) is 9.59 Å². The Morgan fingerprint density at radius 3 is 2.29 bits per heavy atom. The fraction of sp³-hybridized carbons (Fsp3) is 0.667. The second-order valence-corrected chi connectivity index (χ2v) is 3.24. The number of hydrogen-bond donors (Lipinski definition) is 5. The maximum absolute atomic E-state index is 11.1. The molecule has 0 bridgehead atoms. The monoisotopic (exact) mass is 246 g/mol. The van der Waals surface area contributed by atoms with Crippen LogP contribution >= 0.6 is 0 Å². The van der Waals surface area contributed by atoms with Crippen molar-refractivity contribution >= 4 is 17.9 Å². The fourth-order valence-electron chi connectivity index (χ4n) is 0.927. The lowest BCUT2D eigenvalue weighted by atomic mass is 10.4. The summed E-state index contributed by atoms with van der Waals surface area (Å²) in [5.74, 6) is -1.67. The number of rotatable bonds is 8. The van der Waals surface area contributed by atoms with Crippen molar-refractivity contribution in [2.24, 2.45) is 0 Å². The van der Waals surface area contributed by atoms with E-state index in [1.165, 1.54) is 0 Å². The van der Waals surface area contributed by atoms with Gasteiger partial charge in [-0.2, -0.15) is 0 Å². The minimum Gasteiger partial charge on any atom is -0.480 e. The molecule has 0 unspecified atom stereocenters. The molecule has 0 aromatic heterocycles. The van der Waals surface area contributed by atoms with Gasteiger partial charge in [0.1, 0.15) is 6.54 Å². The van der Waals surface area contributed by atoms with E-state index in [-0.39, 0.29) is 6.54 Å². The molecule has 0 aliphatic heterocycles. The Hall–Kier alpha value is -1.83. The van der Waals surface area contributed by atoms with Crippen LogP contribution in [-0.4, -0.2) is 56.2 Å². The molecule has 0 fully saturated rings. The van der Waals surface area contributed by atoms with Crippen molar-refractivity contribution in [3.05, 3.63) is 0 Å². The largest absolute Gasteiger partial charge is 0.480 e. The first-order valence-corrected chi connectivity index (χ1v) is 5.21. The van der Waals surface area contributed by atoms with E-state index >= 15 is 0 Å². The van der Waals surface area contributed by atoms with Crippen LogP contribution in [0.1, 0.15) is 6.42 Å². The highest BCUT2D eigenvalue weighted by molar-refractivity contribution is 5.86. The SMILES string of the molecule is CNCCCNC(=O)NCC(=O)NCC(=O)O. The molecular formula is C9H18N4O4. The highest BCUT2D eigenvalue weighted by atomic mass is 16.4. The highest BCUT2D eigenvalue weighted by Gasteiger charge is 2.05. The van der Waals surface area contributed by atoms with Crippen molar-refractivity contribution in [1.29, 1.82) is 0 Å². The van der Waals surface area contributed by atoms with Crippen molar-refractivity contribution in [2.75, 3.05) is 33.2 Å². The molecule has 0 saturated carbocycles. The third-order valence-corrected chi connectivity index (χ3v) is 1.74. The van der Waals surface area contributed by atoms with E-state index in [1.807, 2.05) is 7.05 Å². The Labute approximate surface area is 99.1 Å². The number of aliphatic carboxylic acids is 1. The van der Waals surface area contributed by atoms with Gasteiger partial charge in [0, 0.05) is 6.54 Å². The van der Waals surface area contributed by atoms with E-state index in [2.05, 4.69) is 21.3 Å². The van der Waals surface area contributed by atoms with Gasteiger partial charge in [-0.15, -0.1) is 0 Å². The summed E-state index contributed by atoms with van der Waals surface area (Å²) < 4.78 is 0. The zero-order chi connectivity index (χ0) is 13.1. The van der Waals surface area contributed by atoms with Gasteiger partial charge in [0.2, 0.25) is 5.91 Å². The summed E-state index contributed by atoms with van der Waals surface area (Å²) in [5.41, 5.74) is 0.